The molecule has 0 aliphatic heterocycles. The van der Waals surface area contributed by atoms with Crippen LogP contribution in [0.2, 0.25) is 0 Å². The molecule has 0 fully saturated rings. The van der Waals surface area contributed by atoms with E-state index in [1.807, 2.05) is 0 Å². The van der Waals surface area contributed by atoms with Gasteiger partial charge in [-0.3, -0.25) is 0 Å². The number of nitrogens with one attached hydrogen (secondary N) is 1. The molecule has 0 amide bonds. The molecule has 1 atom stereocenters. The zero-order valence-corrected chi connectivity index (χ0v) is 12.7. The second-order valence-corrected chi connectivity index (χ2v) is 6.25. The number of aryl methyl sites for hydroxylation is 2. The summed E-state index contributed by atoms with van der Waals surface area (Å²) >= 11 is 0. The van der Waals surface area contributed by atoms with E-state index in [0.717, 1.165) is 12.3 Å². The van der Waals surface area contributed by atoms with Crippen LogP contribution in [0.4, 0.5) is 0 Å². The number of benzene rings is 1. The Labute approximate surface area is 117 Å². The molecule has 1 aliphatic rings. The minimum absolute atomic E-state index is 0.238. The summed E-state index contributed by atoms with van der Waals surface area (Å²) in [5, 5.41) is 3.47. The first kappa shape index (κ1) is 14.4. The number of hydrogen-bond donors (Lipinski definition) is 1. The Bertz CT molecular complexity index is 412. The van der Waals surface area contributed by atoms with Crippen molar-refractivity contribution in [3.63, 3.8) is 0 Å². The molecular formula is C17H27NO. The largest absolute Gasteiger partial charge is 0.489 e. The fraction of sp³-hybridized carbons (Fsp3) is 0.647. The molecule has 0 spiro atoms. The monoisotopic (exact) mass is 261 g/mol. The maximum absolute atomic E-state index is 6.19. The maximum atomic E-state index is 6.19. The topological polar surface area (TPSA) is 21.3 Å². The molecule has 1 unspecified atom stereocenters. The van der Waals surface area contributed by atoms with Crippen LogP contribution in [-0.4, -0.2) is 18.7 Å². The van der Waals surface area contributed by atoms with Gasteiger partial charge in [0.1, 0.15) is 11.9 Å². The van der Waals surface area contributed by atoms with Crippen LogP contribution in [0, 0.1) is 5.92 Å². The van der Waals surface area contributed by atoms with Crippen LogP contribution in [0.5, 0.6) is 5.75 Å². The fourth-order valence-corrected chi connectivity index (χ4v) is 2.56. The summed E-state index contributed by atoms with van der Waals surface area (Å²) in [5.74, 6) is 1.55. The molecule has 2 heteroatoms. The number of fused-ring (bicyclic) bond motifs is 1. The number of ether oxygens (including phenoxy) is 1. The summed E-state index contributed by atoms with van der Waals surface area (Å²) < 4.78 is 6.19. The van der Waals surface area contributed by atoms with E-state index in [1.165, 1.54) is 30.4 Å². The van der Waals surface area contributed by atoms with Crippen LogP contribution >= 0.6 is 0 Å². The van der Waals surface area contributed by atoms with E-state index in [9.17, 15) is 0 Å². The first-order valence-electron chi connectivity index (χ1n) is 7.58. The van der Waals surface area contributed by atoms with Gasteiger partial charge in [-0.1, -0.05) is 33.8 Å². The highest BCUT2D eigenvalue weighted by molar-refractivity contribution is 5.38. The summed E-state index contributed by atoms with van der Waals surface area (Å²) in [6.45, 7) is 9.70. The summed E-state index contributed by atoms with van der Waals surface area (Å²) in [5.41, 5.74) is 2.99. The van der Waals surface area contributed by atoms with Crippen molar-refractivity contribution in [3.05, 3.63) is 29.3 Å². The van der Waals surface area contributed by atoms with Crippen molar-refractivity contribution < 1.29 is 4.74 Å². The van der Waals surface area contributed by atoms with Gasteiger partial charge in [-0.15, -0.1) is 0 Å². The highest BCUT2D eigenvalue weighted by Crippen LogP contribution is 2.27. The summed E-state index contributed by atoms with van der Waals surface area (Å²) in [6, 6.07) is 7.12. The van der Waals surface area contributed by atoms with E-state index >= 15 is 0 Å². The Hall–Kier alpha value is -1.02. The van der Waals surface area contributed by atoms with Crippen molar-refractivity contribution in [2.75, 3.05) is 6.54 Å². The lowest BCUT2D eigenvalue weighted by atomic mass is 10.1. The quantitative estimate of drug-likeness (QED) is 0.845. The maximum Gasteiger partial charge on any atom is 0.120 e. The van der Waals surface area contributed by atoms with Crippen LogP contribution < -0.4 is 10.1 Å². The van der Waals surface area contributed by atoms with Gasteiger partial charge in [0.15, 0.2) is 0 Å². The summed E-state index contributed by atoms with van der Waals surface area (Å²) in [6.07, 6.45) is 3.98. The minimum Gasteiger partial charge on any atom is -0.489 e. The molecule has 0 aromatic heterocycles. The smallest absolute Gasteiger partial charge is 0.120 e. The normalized spacial score (nSPS) is 15.9. The molecule has 0 heterocycles. The predicted octanol–water partition coefficient (Wildman–Crippen LogP) is 3.58. The van der Waals surface area contributed by atoms with Crippen molar-refractivity contribution in [3.8, 4) is 5.75 Å². The fourth-order valence-electron chi connectivity index (χ4n) is 2.56. The highest BCUT2D eigenvalue weighted by Gasteiger charge is 2.17. The molecule has 2 nitrogen and oxygen atoms in total. The van der Waals surface area contributed by atoms with Crippen LogP contribution in [-0.2, 0) is 12.8 Å². The minimum atomic E-state index is 0.238. The summed E-state index contributed by atoms with van der Waals surface area (Å²) in [7, 11) is 0. The van der Waals surface area contributed by atoms with Gasteiger partial charge in [0.2, 0.25) is 0 Å². The van der Waals surface area contributed by atoms with Crippen LogP contribution in [0.15, 0.2) is 18.2 Å². The van der Waals surface area contributed by atoms with Gasteiger partial charge in [0.05, 0.1) is 0 Å². The van der Waals surface area contributed by atoms with Gasteiger partial charge in [0, 0.05) is 12.6 Å². The van der Waals surface area contributed by atoms with Crippen LogP contribution in [0.1, 0.15) is 45.2 Å². The first-order valence-corrected chi connectivity index (χ1v) is 7.58. The molecule has 0 bridgehead atoms. The zero-order valence-electron chi connectivity index (χ0n) is 12.7. The van der Waals surface area contributed by atoms with E-state index in [2.05, 4.69) is 51.2 Å². The van der Waals surface area contributed by atoms with Crippen molar-refractivity contribution in [2.24, 2.45) is 5.92 Å². The molecule has 0 radical (unpaired) electrons. The molecule has 0 saturated carbocycles. The number of hydrogen-bond acceptors (Lipinski definition) is 2. The lowest BCUT2D eigenvalue weighted by Gasteiger charge is -2.24. The van der Waals surface area contributed by atoms with E-state index in [0.29, 0.717) is 12.0 Å². The lowest BCUT2D eigenvalue weighted by molar-refractivity contribution is 0.146. The molecular weight excluding hydrogens is 234 g/mol. The van der Waals surface area contributed by atoms with E-state index in [-0.39, 0.29) is 6.10 Å². The third-order valence-corrected chi connectivity index (χ3v) is 3.83. The Morgan fingerprint density at radius 2 is 1.84 bits per heavy atom. The Morgan fingerprint density at radius 1 is 1.11 bits per heavy atom. The molecule has 19 heavy (non-hydrogen) atoms. The third kappa shape index (κ3) is 3.97. The zero-order chi connectivity index (χ0) is 13.8. The standard InChI is InChI=1S/C17H27NO/c1-12(2)17(11-18-13(3)4)19-16-9-8-14-6-5-7-15(14)10-16/h8-10,12-13,17-18H,5-7,11H2,1-4H3. The molecule has 1 aromatic rings. The SMILES string of the molecule is CC(C)NCC(Oc1ccc2c(c1)CCC2)C(C)C. The van der Waals surface area contributed by atoms with Crippen molar-refractivity contribution in [1.82, 2.24) is 5.32 Å². The molecule has 1 aromatic carbocycles. The van der Waals surface area contributed by atoms with Gasteiger partial charge < -0.3 is 10.1 Å². The average molecular weight is 261 g/mol. The van der Waals surface area contributed by atoms with Crippen molar-refractivity contribution in [1.29, 1.82) is 0 Å². The Kier molecular flexibility index (Phi) is 4.87. The molecule has 0 saturated heterocycles. The molecule has 2 rings (SSSR count). The second kappa shape index (κ2) is 6.42. The predicted molar refractivity (Wildman–Crippen MR) is 80.9 cm³/mol. The van der Waals surface area contributed by atoms with Crippen LogP contribution in [0.3, 0.4) is 0 Å². The van der Waals surface area contributed by atoms with E-state index in [1.54, 1.807) is 0 Å². The Morgan fingerprint density at radius 3 is 2.53 bits per heavy atom. The van der Waals surface area contributed by atoms with Gasteiger partial charge >= 0.3 is 0 Å². The highest BCUT2D eigenvalue weighted by atomic mass is 16.5. The molecule has 106 valence electrons. The van der Waals surface area contributed by atoms with E-state index < -0.39 is 0 Å². The van der Waals surface area contributed by atoms with Gasteiger partial charge in [-0.05, 0) is 48.4 Å². The van der Waals surface area contributed by atoms with Crippen molar-refractivity contribution >= 4 is 0 Å². The third-order valence-electron chi connectivity index (χ3n) is 3.83. The summed E-state index contributed by atoms with van der Waals surface area (Å²) in [4.78, 5) is 0. The molecule has 1 aliphatic carbocycles. The van der Waals surface area contributed by atoms with Crippen molar-refractivity contribution in [2.45, 2.75) is 59.1 Å². The lowest BCUT2D eigenvalue weighted by Crippen LogP contribution is -2.38. The van der Waals surface area contributed by atoms with Gasteiger partial charge in [-0.25, -0.2) is 0 Å². The Balaban J connectivity index is 2.00. The van der Waals surface area contributed by atoms with Gasteiger partial charge in [0.25, 0.3) is 0 Å². The van der Waals surface area contributed by atoms with Crippen LogP contribution in [0.25, 0.3) is 0 Å². The molecule has 1 N–H and O–H groups in total. The van der Waals surface area contributed by atoms with Gasteiger partial charge in [-0.2, -0.15) is 0 Å². The number of rotatable bonds is 6. The van der Waals surface area contributed by atoms with E-state index in [4.69, 9.17) is 4.74 Å². The average Bonchev–Trinajstić information content (AvgIpc) is 2.81. The second-order valence-electron chi connectivity index (χ2n) is 6.25. The first-order chi connectivity index (χ1) is 9.06.